The van der Waals surface area contributed by atoms with Crippen LogP contribution in [-0.2, 0) is 27.5 Å². The summed E-state index contributed by atoms with van der Waals surface area (Å²) in [5, 5.41) is 7.67. The molecule has 0 radical (unpaired) electrons. The number of aromatic amines is 1. The van der Waals surface area contributed by atoms with E-state index in [0.29, 0.717) is 17.1 Å². The van der Waals surface area contributed by atoms with E-state index in [2.05, 4.69) is 4.98 Å². The molecule has 0 fully saturated rings. The van der Waals surface area contributed by atoms with Crippen LogP contribution in [0.3, 0.4) is 0 Å². The third-order valence-electron chi connectivity index (χ3n) is 5.41. The Morgan fingerprint density at radius 3 is 2.61 bits per heavy atom. The number of alkyl halides is 1. The van der Waals surface area contributed by atoms with Crippen LogP contribution < -0.4 is 0 Å². The number of sulfone groups is 1. The number of hydrogen-bond donors (Lipinski definition) is 2. The van der Waals surface area contributed by atoms with Crippen molar-refractivity contribution >= 4 is 38.3 Å². The molecule has 0 saturated heterocycles. The summed E-state index contributed by atoms with van der Waals surface area (Å²) in [5.74, 6) is -3.20. The lowest BCUT2D eigenvalue weighted by Crippen LogP contribution is -2.50. The van der Waals surface area contributed by atoms with Gasteiger partial charge in [0.05, 0.1) is 4.90 Å². The SMILES string of the molecule is O=C(O)[C@@](F)([C@H]1CCc2c([nH]c3ccc(Cl)cc23)C1)S(=O)(=O)c1ccccc1. The van der Waals surface area contributed by atoms with E-state index < -0.39 is 26.7 Å². The second kappa shape index (κ2) is 6.60. The number of hydrogen-bond acceptors (Lipinski definition) is 3. The van der Waals surface area contributed by atoms with Crippen LogP contribution in [0.4, 0.5) is 4.39 Å². The number of carboxylic acids is 1. The van der Waals surface area contributed by atoms with Crippen LogP contribution in [0.25, 0.3) is 10.9 Å². The monoisotopic (exact) mass is 421 g/mol. The van der Waals surface area contributed by atoms with E-state index in [9.17, 15) is 18.3 Å². The summed E-state index contributed by atoms with van der Waals surface area (Å²) >= 11 is 6.06. The zero-order valence-electron chi connectivity index (χ0n) is 14.7. The number of carbonyl (C=O) groups is 1. The van der Waals surface area contributed by atoms with E-state index in [1.54, 1.807) is 24.3 Å². The molecule has 5 nitrogen and oxygen atoms in total. The normalized spacial score (nSPS) is 19.1. The second-order valence-electron chi connectivity index (χ2n) is 6.98. The van der Waals surface area contributed by atoms with Crippen molar-refractivity contribution < 1.29 is 22.7 Å². The minimum atomic E-state index is -4.74. The van der Waals surface area contributed by atoms with Gasteiger partial charge in [0.2, 0.25) is 9.84 Å². The van der Waals surface area contributed by atoms with Crippen molar-refractivity contribution in [3.05, 3.63) is 64.8 Å². The molecule has 1 aliphatic carbocycles. The fourth-order valence-electron chi connectivity index (χ4n) is 4.00. The van der Waals surface area contributed by atoms with Crippen molar-refractivity contribution in [3.63, 3.8) is 0 Å². The molecule has 0 bridgehead atoms. The minimum absolute atomic E-state index is 0.0174. The highest BCUT2D eigenvalue weighted by molar-refractivity contribution is 7.93. The number of fused-ring (bicyclic) bond motifs is 3. The number of aliphatic carboxylic acids is 1. The van der Waals surface area contributed by atoms with Crippen molar-refractivity contribution in [2.24, 2.45) is 5.92 Å². The first kappa shape index (κ1) is 19.0. The molecule has 2 N–H and O–H groups in total. The number of halogens is 2. The van der Waals surface area contributed by atoms with Gasteiger partial charge in [0.25, 0.3) is 0 Å². The summed E-state index contributed by atoms with van der Waals surface area (Å²) < 4.78 is 41.7. The van der Waals surface area contributed by atoms with E-state index in [1.165, 1.54) is 24.3 Å². The van der Waals surface area contributed by atoms with Gasteiger partial charge >= 0.3 is 11.0 Å². The average Bonchev–Trinajstić information content (AvgIpc) is 3.04. The van der Waals surface area contributed by atoms with Gasteiger partial charge in [-0.15, -0.1) is 0 Å². The maximum absolute atomic E-state index is 15.9. The molecule has 4 rings (SSSR count). The van der Waals surface area contributed by atoms with Crippen LogP contribution in [0, 0.1) is 5.92 Å². The fourth-order valence-corrected chi connectivity index (χ4v) is 5.90. The van der Waals surface area contributed by atoms with E-state index in [0.717, 1.165) is 16.5 Å². The van der Waals surface area contributed by atoms with E-state index in [1.807, 2.05) is 0 Å². The van der Waals surface area contributed by atoms with Gasteiger partial charge in [0.1, 0.15) is 0 Å². The molecule has 2 atom stereocenters. The summed E-state index contributed by atoms with van der Waals surface area (Å²) in [7, 11) is -4.74. The van der Waals surface area contributed by atoms with Gasteiger partial charge < -0.3 is 10.1 Å². The molecule has 0 spiro atoms. The number of H-pyrrole nitrogens is 1. The summed E-state index contributed by atoms with van der Waals surface area (Å²) in [6.45, 7) is 0. The number of aromatic nitrogens is 1. The molecular weight excluding hydrogens is 405 g/mol. The number of aryl methyl sites for hydroxylation is 1. The largest absolute Gasteiger partial charge is 0.478 e. The Hall–Kier alpha value is -2.38. The zero-order chi connectivity index (χ0) is 20.1. The van der Waals surface area contributed by atoms with Crippen molar-refractivity contribution in [3.8, 4) is 0 Å². The van der Waals surface area contributed by atoms with Gasteiger partial charge in [-0.1, -0.05) is 29.8 Å². The maximum Gasteiger partial charge on any atom is 0.358 e. The van der Waals surface area contributed by atoms with E-state index in [4.69, 9.17) is 11.6 Å². The van der Waals surface area contributed by atoms with Gasteiger partial charge in [-0.3, -0.25) is 0 Å². The van der Waals surface area contributed by atoms with Crippen molar-refractivity contribution in [1.82, 2.24) is 4.98 Å². The number of nitrogens with one attached hydrogen (secondary N) is 1. The molecule has 1 aliphatic rings. The van der Waals surface area contributed by atoms with Gasteiger partial charge in [-0.2, -0.15) is 0 Å². The Labute approximate surface area is 166 Å². The van der Waals surface area contributed by atoms with Crippen LogP contribution in [0.2, 0.25) is 5.02 Å². The predicted molar refractivity (Wildman–Crippen MR) is 104 cm³/mol. The third-order valence-corrected chi connectivity index (χ3v) is 7.83. The molecule has 0 saturated carbocycles. The summed E-state index contributed by atoms with van der Waals surface area (Å²) in [4.78, 5) is 14.7. The molecule has 0 aliphatic heterocycles. The van der Waals surface area contributed by atoms with Crippen molar-refractivity contribution in [2.45, 2.75) is 29.2 Å². The Kier molecular flexibility index (Phi) is 4.47. The lowest BCUT2D eigenvalue weighted by Gasteiger charge is -2.32. The van der Waals surface area contributed by atoms with Crippen LogP contribution in [-0.4, -0.2) is 29.5 Å². The highest BCUT2D eigenvalue weighted by Gasteiger charge is 2.59. The molecule has 2 aromatic carbocycles. The Morgan fingerprint density at radius 2 is 1.93 bits per heavy atom. The lowest BCUT2D eigenvalue weighted by molar-refractivity contribution is -0.148. The summed E-state index contributed by atoms with van der Waals surface area (Å²) in [6.07, 6.45) is 0.446. The maximum atomic E-state index is 15.9. The summed E-state index contributed by atoms with van der Waals surface area (Å²) in [6, 6.07) is 12.2. The van der Waals surface area contributed by atoms with Crippen LogP contribution >= 0.6 is 11.6 Å². The quantitative estimate of drug-likeness (QED) is 0.662. The minimum Gasteiger partial charge on any atom is -0.478 e. The van der Waals surface area contributed by atoms with E-state index in [-0.39, 0.29) is 17.7 Å². The van der Waals surface area contributed by atoms with Gasteiger partial charge in [-0.25, -0.2) is 17.6 Å². The van der Waals surface area contributed by atoms with Crippen molar-refractivity contribution in [2.75, 3.05) is 0 Å². The second-order valence-corrected chi connectivity index (χ2v) is 9.49. The highest BCUT2D eigenvalue weighted by Crippen LogP contribution is 2.43. The van der Waals surface area contributed by atoms with Gasteiger partial charge in [0, 0.05) is 27.5 Å². The number of rotatable bonds is 4. The first-order valence-electron chi connectivity index (χ1n) is 8.76. The lowest BCUT2D eigenvalue weighted by atomic mass is 9.83. The molecule has 0 unspecified atom stereocenters. The number of benzene rings is 2. The molecule has 28 heavy (non-hydrogen) atoms. The molecular formula is C20H17ClFNO4S. The molecule has 8 heteroatoms. The average molecular weight is 422 g/mol. The third kappa shape index (κ3) is 2.72. The smallest absolute Gasteiger partial charge is 0.358 e. The Balaban J connectivity index is 1.78. The first-order valence-corrected chi connectivity index (χ1v) is 10.6. The number of carboxylic acid groups (broad SMARTS) is 1. The Bertz CT molecular complexity index is 1180. The molecule has 3 aromatic rings. The Morgan fingerprint density at radius 1 is 1.21 bits per heavy atom. The topological polar surface area (TPSA) is 87.2 Å². The van der Waals surface area contributed by atoms with Crippen LogP contribution in [0.5, 0.6) is 0 Å². The summed E-state index contributed by atoms with van der Waals surface area (Å²) in [5.41, 5.74) is 2.39. The first-order chi connectivity index (χ1) is 13.2. The van der Waals surface area contributed by atoms with Crippen molar-refractivity contribution in [1.29, 1.82) is 0 Å². The molecule has 1 aromatic heterocycles. The van der Waals surface area contributed by atoms with E-state index >= 15 is 4.39 Å². The fraction of sp³-hybridized carbons (Fsp3) is 0.250. The zero-order valence-corrected chi connectivity index (χ0v) is 16.2. The predicted octanol–water partition coefficient (Wildman–Crippen LogP) is 4.15. The standard InChI is InChI=1S/C20H17ClFNO4S/c21-13-7-9-17-16(11-13)15-8-6-12(10-18(15)23-17)20(22,19(24)25)28(26,27)14-4-2-1-3-5-14/h1-5,7,9,11-12,23H,6,8,10H2,(H,24,25)/t12-,20+/m0/s1. The highest BCUT2D eigenvalue weighted by atomic mass is 35.5. The van der Waals surface area contributed by atoms with Gasteiger partial charge in [0.15, 0.2) is 0 Å². The van der Waals surface area contributed by atoms with Crippen LogP contribution in [0.15, 0.2) is 53.4 Å². The van der Waals surface area contributed by atoms with Gasteiger partial charge in [-0.05, 0) is 55.2 Å². The molecule has 146 valence electrons. The molecule has 0 amide bonds. The molecule has 1 heterocycles. The van der Waals surface area contributed by atoms with Crippen LogP contribution in [0.1, 0.15) is 17.7 Å².